The third-order valence-electron chi connectivity index (χ3n) is 4.30. The maximum Gasteiger partial charge on any atom is 0.0919 e. The van der Waals surface area contributed by atoms with Crippen molar-refractivity contribution in [3.05, 3.63) is 34.9 Å². The molecule has 1 aromatic carbocycles. The number of benzene rings is 1. The Labute approximate surface area is 129 Å². The second-order valence-corrected chi connectivity index (χ2v) is 6.87. The number of hydrogen-bond donors (Lipinski definition) is 1. The van der Waals surface area contributed by atoms with Crippen LogP contribution in [0.2, 0.25) is 0 Å². The summed E-state index contributed by atoms with van der Waals surface area (Å²) in [5.41, 5.74) is 3.52. The summed E-state index contributed by atoms with van der Waals surface area (Å²) in [6, 6.07) is 6.32. The SMILES string of the molecule is Cc1ccc(C(O)CN2CCN(CC(C)C)CC2)c(C)c1. The zero-order valence-electron chi connectivity index (χ0n) is 14.0. The van der Waals surface area contributed by atoms with Crippen LogP contribution >= 0.6 is 0 Å². The summed E-state index contributed by atoms with van der Waals surface area (Å²) in [5, 5.41) is 10.5. The molecule has 1 heterocycles. The van der Waals surface area contributed by atoms with Crippen LogP contribution in [0.5, 0.6) is 0 Å². The summed E-state index contributed by atoms with van der Waals surface area (Å²) in [7, 11) is 0. The van der Waals surface area contributed by atoms with Crippen LogP contribution in [0.3, 0.4) is 0 Å². The van der Waals surface area contributed by atoms with Gasteiger partial charge in [-0.1, -0.05) is 37.6 Å². The van der Waals surface area contributed by atoms with Crippen molar-refractivity contribution in [2.75, 3.05) is 39.3 Å². The lowest BCUT2D eigenvalue weighted by Crippen LogP contribution is -2.48. The van der Waals surface area contributed by atoms with Crippen LogP contribution in [-0.4, -0.2) is 54.2 Å². The van der Waals surface area contributed by atoms with Gasteiger partial charge in [0.25, 0.3) is 0 Å². The molecule has 1 aliphatic rings. The van der Waals surface area contributed by atoms with E-state index in [0.29, 0.717) is 0 Å². The second-order valence-electron chi connectivity index (χ2n) is 6.87. The van der Waals surface area contributed by atoms with Crippen molar-refractivity contribution < 1.29 is 5.11 Å². The van der Waals surface area contributed by atoms with Crippen LogP contribution in [0.25, 0.3) is 0 Å². The van der Waals surface area contributed by atoms with E-state index in [1.807, 2.05) is 0 Å². The zero-order chi connectivity index (χ0) is 15.4. The number of aryl methyl sites for hydroxylation is 2. The number of aliphatic hydroxyl groups is 1. The smallest absolute Gasteiger partial charge is 0.0919 e. The molecule has 1 atom stereocenters. The molecule has 3 heteroatoms. The predicted octanol–water partition coefficient (Wildman–Crippen LogP) is 2.61. The number of β-amino-alcohol motifs (C(OH)–C–C–N with tert-alkyl or cyclic N) is 1. The third-order valence-corrected chi connectivity index (χ3v) is 4.30. The Balaban J connectivity index is 1.85. The van der Waals surface area contributed by atoms with Crippen molar-refractivity contribution in [2.45, 2.75) is 33.8 Å². The summed E-state index contributed by atoms with van der Waals surface area (Å²) >= 11 is 0. The van der Waals surface area contributed by atoms with Crippen molar-refractivity contribution in [3.8, 4) is 0 Å². The third kappa shape index (κ3) is 4.80. The molecule has 0 aromatic heterocycles. The van der Waals surface area contributed by atoms with Gasteiger partial charge in [-0.3, -0.25) is 4.90 Å². The Bertz CT molecular complexity index is 451. The minimum atomic E-state index is -0.373. The highest BCUT2D eigenvalue weighted by molar-refractivity contribution is 5.32. The molecule has 1 unspecified atom stereocenters. The summed E-state index contributed by atoms with van der Waals surface area (Å²) < 4.78 is 0. The first-order valence-electron chi connectivity index (χ1n) is 8.15. The minimum absolute atomic E-state index is 0.373. The van der Waals surface area contributed by atoms with Crippen molar-refractivity contribution in [2.24, 2.45) is 5.92 Å². The molecule has 0 bridgehead atoms. The molecule has 0 amide bonds. The van der Waals surface area contributed by atoms with Crippen molar-refractivity contribution in [1.82, 2.24) is 9.80 Å². The lowest BCUT2D eigenvalue weighted by atomic mass is 10.0. The van der Waals surface area contributed by atoms with E-state index in [-0.39, 0.29) is 6.10 Å². The van der Waals surface area contributed by atoms with Gasteiger partial charge in [-0.25, -0.2) is 0 Å². The van der Waals surface area contributed by atoms with E-state index in [2.05, 4.69) is 55.7 Å². The van der Waals surface area contributed by atoms with E-state index in [1.54, 1.807) is 0 Å². The van der Waals surface area contributed by atoms with Gasteiger partial charge in [0, 0.05) is 39.3 Å². The number of aliphatic hydroxyl groups excluding tert-OH is 1. The van der Waals surface area contributed by atoms with Crippen molar-refractivity contribution in [3.63, 3.8) is 0 Å². The molecule has 1 fully saturated rings. The van der Waals surface area contributed by atoms with E-state index in [4.69, 9.17) is 0 Å². The Hall–Kier alpha value is -0.900. The van der Waals surface area contributed by atoms with Crippen molar-refractivity contribution >= 4 is 0 Å². The fourth-order valence-electron chi connectivity index (χ4n) is 3.21. The molecule has 1 aliphatic heterocycles. The highest BCUT2D eigenvalue weighted by Crippen LogP contribution is 2.20. The monoisotopic (exact) mass is 290 g/mol. The van der Waals surface area contributed by atoms with E-state index in [1.165, 1.54) is 17.7 Å². The minimum Gasteiger partial charge on any atom is -0.387 e. The summed E-state index contributed by atoms with van der Waals surface area (Å²) in [6.07, 6.45) is -0.373. The molecule has 118 valence electrons. The molecule has 1 aromatic rings. The first-order valence-corrected chi connectivity index (χ1v) is 8.15. The Morgan fingerprint density at radius 1 is 1.00 bits per heavy atom. The quantitative estimate of drug-likeness (QED) is 0.903. The predicted molar refractivity (Wildman–Crippen MR) is 88.6 cm³/mol. The van der Waals surface area contributed by atoms with Crippen LogP contribution in [0.1, 0.15) is 36.6 Å². The van der Waals surface area contributed by atoms with Gasteiger partial charge in [-0.05, 0) is 30.9 Å². The molecule has 3 nitrogen and oxygen atoms in total. The molecular weight excluding hydrogens is 260 g/mol. The molecule has 1 N–H and O–H groups in total. The summed E-state index contributed by atoms with van der Waals surface area (Å²) in [4.78, 5) is 4.92. The maximum atomic E-state index is 10.5. The van der Waals surface area contributed by atoms with Gasteiger partial charge in [-0.15, -0.1) is 0 Å². The normalized spacial score (nSPS) is 19.1. The topological polar surface area (TPSA) is 26.7 Å². The standard InChI is InChI=1S/C18H30N2O/c1-14(2)12-19-7-9-20(10-8-19)13-18(21)17-6-5-15(3)11-16(17)4/h5-6,11,14,18,21H,7-10,12-13H2,1-4H3. The van der Waals surface area contributed by atoms with Crippen LogP contribution in [-0.2, 0) is 0 Å². The molecule has 0 radical (unpaired) electrons. The Morgan fingerprint density at radius 3 is 2.10 bits per heavy atom. The van der Waals surface area contributed by atoms with E-state index in [0.717, 1.165) is 44.2 Å². The summed E-state index contributed by atoms with van der Waals surface area (Å²) in [6.45, 7) is 15.0. The Kier molecular flexibility index (Phi) is 5.80. The molecule has 2 rings (SSSR count). The first-order chi connectivity index (χ1) is 9.95. The second kappa shape index (κ2) is 7.39. The Morgan fingerprint density at radius 2 is 1.57 bits per heavy atom. The van der Waals surface area contributed by atoms with Gasteiger partial charge in [0.1, 0.15) is 0 Å². The van der Waals surface area contributed by atoms with E-state index >= 15 is 0 Å². The lowest BCUT2D eigenvalue weighted by molar-refractivity contribution is 0.0685. The molecule has 21 heavy (non-hydrogen) atoms. The molecule has 0 spiro atoms. The highest BCUT2D eigenvalue weighted by Gasteiger charge is 2.20. The van der Waals surface area contributed by atoms with Gasteiger partial charge >= 0.3 is 0 Å². The van der Waals surface area contributed by atoms with Crippen molar-refractivity contribution in [1.29, 1.82) is 0 Å². The van der Waals surface area contributed by atoms with E-state index < -0.39 is 0 Å². The molecule has 0 aliphatic carbocycles. The molecular formula is C18H30N2O. The zero-order valence-corrected chi connectivity index (χ0v) is 14.0. The van der Waals surface area contributed by atoms with Gasteiger partial charge in [0.05, 0.1) is 6.10 Å². The molecule has 0 saturated carbocycles. The van der Waals surface area contributed by atoms with Gasteiger partial charge < -0.3 is 10.0 Å². The fraction of sp³-hybridized carbons (Fsp3) is 0.667. The number of hydrogen-bond acceptors (Lipinski definition) is 3. The number of nitrogens with zero attached hydrogens (tertiary/aromatic N) is 2. The van der Waals surface area contributed by atoms with Gasteiger partial charge in [0.2, 0.25) is 0 Å². The van der Waals surface area contributed by atoms with Gasteiger partial charge in [0.15, 0.2) is 0 Å². The van der Waals surface area contributed by atoms with Crippen LogP contribution < -0.4 is 0 Å². The summed E-state index contributed by atoms with van der Waals surface area (Å²) in [5.74, 6) is 0.734. The molecule has 1 saturated heterocycles. The largest absolute Gasteiger partial charge is 0.387 e. The first kappa shape index (κ1) is 16.5. The van der Waals surface area contributed by atoms with Crippen LogP contribution in [0, 0.1) is 19.8 Å². The highest BCUT2D eigenvalue weighted by atomic mass is 16.3. The number of rotatable bonds is 5. The number of piperazine rings is 1. The fourth-order valence-corrected chi connectivity index (χ4v) is 3.21. The maximum absolute atomic E-state index is 10.5. The average molecular weight is 290 g/mol. The van der Waals surface area contributed by atoms with Crippen LogP contribution in [0.4, 0.5) is 0 Å². The van der Waals surface area contributed by atoms with E-state index in [9.17, 15) is 5.11 Å². The average Bonchev–Trinajstić information content (AvgIpc) is 2.40. The lowest BCUT2D eigenvalue weighted by Gasteiger charge is -2.36. The van der Waals surface area contributed by atoms with Gasteiger partial charge in [-0.2, -0.15) is 0 Å². The van der Waals surface area contributed by atoms with Crippen LogP contribution in [0.15, 0.2) is 18.2 Å².